The van der Waals surface area contributed by atoms with Crippen molar-refractivity contribution in [3.05, 3.63) is 29.3 Å². The van der Waals surface area contributed by atoms with Crippen LogP contribution < -0.4 is 4.89 Å². The Morgan fingerprint density at radius 1 is 1.46 bits per heavy atom. The zero-order chi connectivity index (χ0) is 9.10. The molecule has 0 saturated carbocycles. The maximum atomic E-state index is 5.30. The summed E-state index contributed by atoms with van der Waals surface area (Å²) in [7, 11) is 0. The molecule has 0 amide bonds. The second-order valence-electron chi connectivity index (χ2n) is 2.92. The molecule has 0 aromatic heterocycles. The van der Waals surface area contributed by atoms with E-state index in [4.69, 9.17) is 14.5 Å². The van der Waals surface area contributed by atoms with E-state index in [0.717, 1.165) is 23.5 Å². The number of fused-ring (bicyclic) bond motifs is 1. The Morgan fingerprint density at radius 2 is 2.38 bits per heavy atom. The van der Waals surface area contributed by atoms with E-state index in [1.54, 1.807) is 0 Å². The Kier molecular flexibility index (Phi) is 2.47. The number of rotatable bonds is 3. The maximum absolute atomic E-state index is 5.30. The van der Waals surface area contributed by atoms with Gasteiger partial charge in [-0.1, -0.05) is 6.07 Å². The summed E-state index contributed by atoms with van der Waals surface area (Å²) in [5.74, 6) is 0.820. The molecule has 0 bridgehead atoms. The monoisotopic (exact) mass is 180 g/mol. The van der Waals surface area contributed by atoms with Gasteiger partial charge in [-0.25, -0.2) is 0 Å². The van der Waals surface area contributed by atoms with Gasteiger partial charge in [0.2, 0.25) is 0 Å². The molecular weight excluding hydrogens is 168 g/mol. The van der Waals surface area contributed by atoms with Crippen molar-refractivity contribution in [3.63, 3.8) is 0 Å². The number of ether oxygens (including phenoxy) is 1. The summed E-state index contributed by atoms with van der Waals surface area (Å²) in [6.07, 6.45) is 0. The minimum Gasteiger partial charge on any atom is -0.377 e. The smallest absolute Gasteiger partial charge is 0.171 e. The van der Waals surface area contributed by atoms with Gasteiger partial charge in [-0.2, -0.15) is 4.89 Å². The van der Waals surface area contributed by atoms with Crippen molar-refractivity contribution in [2.24, 2.45) is 0 Å². The highest BCUT2D eigenvalue weighted by Gasteiger charge is 2.13. The molecule has 0 fully saturated rings. The molecule has 3 heteroatoms. The lowest BCUT2D eigenvalue weighted by atomic mass is 10.1. The lowest BCUT2D eigenvalue weighted by Gasteiger charge is -2.02. The van der Waals surface area contributed by atoms with Gasteiger partial charge < -0.3 is 9.62 Å². The summed E-state index contributed by atoms with van der Waals surface area (Å²) in [5, 5.41) is 0. The zero-order valence-electron chi connectivity index (χ0n) is 7.58. The van der Waals surface area contributed by atoms with Gasteiger partial charge >= 0.3 is 0 Å². The third-order valence-corrected chi connectivity index (χ3v) is 1.96. The van der Waals surface area contributed by atoms with Gasteiger partial charge in [0.15, 0.2) is 5.75 Å². The fourth-order valence-electron chi connectivity index (χ4n) is 1.29. The summed E-state index contributed by atoms with van der Waals surface area (Å²) < 4.78 is 5.30. The van der Waals surface area contributed by atoms with E-state index in [-0.39, 0.29) is 0 Å². The summed E-state index contributed by atoms with van der Waals surface area (Å²) in [6.45, 7) is 3.92. The number of hydrogen-bond donors (Lipinski definition) is 0. The topological polar surface area (TPSA) is 27.7 Å². The highest BCUT2D eigenvalue weighted by molar-refractivity contribution is 5.37. The molecule has 13 heavy (non-hydrogen) atoms. The molecule has 0 saturated heterocycles. The average molecular weight is 180 g/mol. The van der Waals surface area contributed by atoms with Gasteiger partial charge in [-0.3, -0.25) is 0 Å². The van der Waals surface area contributed by atoms with Crippen LogP contribution in [0.5, 0.6) is 5.75 Å². The highest BCUT2D eigenvalue weighted by Crippen LogP contribution is 2.26. The SMILES string of the molecule is CCOCc1ccc2c(c1)COO2. The van der Waals surface area contributed by atoms with Crippen LogP contribution in [0, 0.1) is 0 Å². The molecule has 1 heterocycles. The van der Waals surface area contributed by atoms with Gasteiger partial charge in [0.25, 0.3) is 0 Å². The highest BCUT2D eigenvalue weighted by atomic mass is 17.2. The fourth-order valence-corrected chi connectivity index (χ4v) is 1.29. The van der Waals surface area contributed by atoms with Gasteiger partial charge in [0.1, 0.15) is 6.61 Å². The van der Waals surface area contributed by atoms with E-state index in [2.05, 4.69) is 6.07 Å². The van der Waals surface area contributed by atoms with Crippen molar-refractivity contribution in [1.29, 1.82) is 0 Å². The third kappa shape index (κ3) is 1.82. The third-order valence-electron chi connectivity index (χ3n) is 1.96. The average Bonchev–Trinajstić information content (AvgIpc) is 2.61. The fraction of sp³-hybridized carbons (Fsp3) is 0.400. The van der Waals surface area contributed by atoms with Crippen molar-refractivity contribution in [1.82, 2.24) is 0 Å². The van der Waals surface area contributed by atoms with Crippen LogP contribution in [0.25, 0.3) is 0 Å². The first-order chi connectivity index (χ1) is 6.40. The Labute approximate surface area is 77.2 Å². The van der Waals surface area contributed by atoms with Crippen molar-refractivity contribution < 1.29 is 14.5 Å². The molecule has 2 rings (SSSR count). The molecule has 0 radical (unpaired) electrons. The molecule has 1 aromatic rings. The van der Waals surface area contributed by atoms with E-state index in [9.17, 15) is 0 Å². The summed E-state index contributed by atoms with van der Waals surface area (Å²) in [5.41, 5.74) is 2.26. The Balaban J connectivity index is 2.12. The molecule has 1 aliphatic rings. The van der Waals surface area contributed by atoms with E-state index < -0.39 is 0 Å². The van der Waals surface area contributed by atoms with Crippen LogP contribution in [0.15, 0.2) is 18.2 Å². The van der Waals surface area contributed by atoms with Gasteiger partial charge in [-0.15, -0.1) is 0 Å². The van der Waals surface area contributed by atoms with Crippen LogP contribution in [0.4, 0.5) is 0 Å². The van der Waals surface area contributed by atoms with Crippen molar-refractivity contribution in [3.8, 4) is 5.75 Å². The molecule has 1 aliphatic heterocycles. The van der Waals surface area contributed by atoms with Crippen molar-refractivity contribution >= 4 is 0 Å². The van der Waals surface area contributed by atoms with E-state index in [0.29, 0.717) is 13.2 Å². The second kappa shape index (κ2) is 3.77. The largest absolute Gasteiger partial charge is 0.377 e. The predicted octanol–water partition coefficient (Wildman–Crippen LogP) is 2.05. The molecule has 3 nitrogen and oxygen atoms in total. The van der Waals surface area contributed by atoms with Gasteiger partial charge in [0, 0.05) is 12.2 Å². The van der Waals surface area contributed by atoms with Gasteiger partial charge in [-0.05, 0) is 24.6 Å². The summed E-state index contributed by atoms with van der Waals surface area (Å²) in [6, 6.07) is 5.96. The lowest BCUT2D eigenvalue weighted by molar-refractivity contribution is -0.194. The van der Waals surface area contributed by atoms with Crippen molar-refractivity contribution in [2.75, 3.05) is 6.61 Å². The van der Waals surface area contributed by atoms with E-state index >= 15 is 0 Å². The van der Waals surface area contributed by atoms with Crippen LogP contribution in [0.2, 0.25) is 0 Å². The van der Waals surface area contributed by atoms with E-state index in [1.165, 1.54) is 0 Å². The first-order valence-corrected chi connectivity index (χ1v) is 4.39. The maximum Gasteiger partial charge on any atom is 0.171 e. The van der Waals surface area contributed by atoms with Crippen LogP contribution >= 0.6 is 0 Å². The molecule has 0 aliphatic carbocycles. The zero-order valence-corrected chi connectivity index (χ0v) is 7.58. The van der Waals surface area contributed by atoms with E-state index in [1.807, 2.05) is 19.1 Å². The molecular formula is C10H12O3. The summed E-state index contributed by atoms with van der Waals surface area (Å²) in [4.78, 5) is 9.75. The molecule has 1 aromatic carbocycles. The molecule has 0 N–H and O–H groups in total. The first kappa shape index (κ1) is 8.53. The standard InChI is InChI=1S/C10H12O3/c1-2-11-6-8-3-4-10-9(5-8)7-12-13-10/h3-5H,2,6-7H2,1H3. The molecule has 0 unspecified atom stereocenters. The number of hydrogen-bond acceptors (Lipinski definition) is 3. The summed E-state index contributed by atoms with van der Waals surface area (Å²) >= 11 is 0. The Bertz CT molecular complexity index is 296. The Morgan fingerprint density at radius 3 is 3.23 bits per heavy atom. The lowest BCUT2D eigenvalue weighted by Crippen LogP contribution is -1.92. The molecule has 0 atom stereocenters. The minimum atomic E-state index is 0.537. The van der Waals surface area contributed by atoms with Crippen LogP contribution in [0.3, 0.4) is 0 Å². The van der Waals surface area contributed by atoms with Gasteiger partial charge in [0.05, 0.1) is 6.61 Å². The quantitative estimate of drug-likeness (QED) is 0.666. The molecule has 70 valence electrons. The predicted molar refractivity (Wildman–Crippen MR) is 47.2 cm³/mol. The van der Waals surface area contributed by atoms with Crippen molar-refractivity contribution in [2.45, 2.75) is 20.1 Å². The van der Waals surface area contributed by atoms with Crippen LogP contribution in [0.1, 0.15) is 18.1 Å². The molecule has 0 spiro atoms. The van der Waals surface area contributed by atoms with Crippen LogP contribution in [-0.4, -0.2) is 6.61 Å². The first-order valence-electron chi connectivity index (χ1n) is 4.39. The number of benzene rings is 1. The van der Waals surface area contributed by atoms with Crippen LogP contribution in [-0.2, 0) is 22.8 Å². The normalized spacial score (nSPS) is 13.9. The second-order valence-corrected chi connectivity index (χ2v) is 2.92. The minimum absolute atomic E-state index is 0.537. The Hall–Kier alpha value is -1.06.